The number of rotatable bonds is 9. The summed E-state index contributed by atoms with van der Waals surface area (Å²) in [7, 11) is 3.35. The molecule has 38 heavy (non-hydrogen) atoms. The van der Waals surface area contributed by atoms with Gasteiger partial charge in [0.25, 0.3) is 5.91 Å². The fourth-order valence-electron chi connectivity index (χ4n) is 5.39. The van der Waals surface area contributed by atoms with Gasteiger partial charge >= 0.3 is 5.97 Å². The number of anilines is 1. The zero-order chi connectivity index (χ0) is 26.7. The van der Waals surface area contributed by atoms with Gasteiger partial charge in [0.05, 0.1) is 37.0 Å². The van der Waals surface area contributed by atoms with Crippen molar-refractivity contribution in [1.82, 2.24) is 9.80 Å². The smallest absolute Gasteiger partial charge is 0.337 e. The number of amides is 1. The minimum absolute atomic E-state index is 0.198. The Kier molecular flexibility index (Phi) is 7.65. The molecule has 8 nitrogen and oxygen atoms in total. The van der Waals surface area contributed by atoms with Gasteiger partial charge in [-0.05, 0) is 36.3 Å². The van der Waals surface area contributed by atoms with E-state index in [0.29, 0.717) is 5.57 Å². The van der Waals surface area contributed by atoms with Crippen molar-refractivity contribution in [2.75, 3.05) is 52.3 Å². The van der Waals surface area contributed by atoms with Crippen molar-refractivity contribution < 1.29 is 23.8 Å². The quantitative estimate of drug-likeness (QED) is 0.404. The molecule has 1 saturated heterocycles. The molecule has 5 rings (SSSR count). The monoisotopic (exact) mass is 517 g/mol. The number of para-hydroxylation sites is 1. The number of carbonyl (C=O) groups is 2. The van der Waals surface area contributed by atoms with Crippen LogP contribution in [0.5, 0.6) is 0 Å². The van der Waals surface area contributed by atoms with Gasteiger partial charge in [0.1, 0.15) is 11.7 Å². The van der Waals surface area contributed by atoms with Crippen molar-refractivity contribution in [3.8, 4) is 0 Å². The number of nitrogens with zero attached hydrogens (tertiary/aromatic N) is 2. The lowest BCUT2D eigenvalue weighted by Gasteiger charge is -2.36. The number of morpholine rings is 1. The van der Waals surface area contributed by atoms with Crippen LogP contribution in [0.15, 0.2) is 77.9 Å². The van der Waals surface area contributed by atoms with Gasteiger partial charge in [-0.1, -0.05) is 48.5 Å². The van der Waals surface area contributed by atoms with Gasteiger partial charge in [-0.25, -0.2) is 4.79 Å². The summed E-state index contributed by atoms with van der Waals surface area (Å²) in [6.07, 6.45) is 3.15. The molecule has 3 unspecified atom stereocenters. The maximum atomic E-state index is 13.4. The number of hydrogen-bond acceptors (Lipinski definition) is 7. The van der Waals surface area contributed by atoms with Gasteiger partial charge in [-0.15, -0.1) is 0 Å². The van der Waals surface area contributed by atoms with Crippen LogP contribution >= 0.6 is 0 Å². The molecular formula is C30H35N3O5. The minimum Gasteiger partial charge on any atom is -0.463 e. The third-order valence-corrected chi connectivity index (χ3v) is 7.24. The summed E-state index contributed by atoms with van der Waals surface area (Å²) in [5.41, 5.74) is 2.39. The Hall–Kier alpha value is -3.46. The second kappa shape index (κ2) is 11.1. The van der Waals surface area contributed by atoms with Crippen LogP contribution in [0.4, 0.5) is 5.69 Å². The normalized spacial score (nSPS) is 23.4. The first-order valence-corrected chi connectivity index (χ1v) is 13.1. The van der Waals surface area contributed by atoms with E-state index in [-0.39, 0.29) is 18.1 Å². The largest absolute Gasteiger partial charge is 0.463 e. The Bertz CT molecular complexity index is 1220. The van der Waals surface area contributed by atoms with Crippen LogP contribution in [-0.4, -0.2) is 80.4 Å². The van der Waals surface area contributed by atoms with E-state index >= 15 is 0 Å². The third kappa shape index (κ3) is 4.99. The summed E-state index contributed by atoms with van der Waals surface area (Å²) in [4.78, 5) is 30.5. The highest BCUT2D eigenvalue weighted by Gasteiger charge is 2.58. The summed E-state index contributed by atoms with van der Waals surface area (Å²) in [6, 6.07) is 17.7. The predicted octanol–water partition coefficient (Wildman–Crippen LogP) is 3.33. The fraction of sp³-hybridized carbons (Fsp3) is 0.400. The number of esters is 1. The van der Waals surface area contributed by atoms with Gasteiger partial charge in [-0.3, -0.25) is 9.69 Å². The van der Waals surface area contributed by atoms with Crippen LogP contribution in [0.1, 0.15) is 24.1 Å². The van der Waals surface area contributed by atoms with Crippen molar-refractivity contribution in [3.63, 3.8) is 0 Å². The molecule has 3 atom stereocenters. The van der Waals surface area contributed by atoms with E-state index in [1.165, 1.54) is 10.5 Å². The zero-order valence-corrected chi connectivity index (χ0v) is 22.2. The Morgan fingerprint density at radius 2 is 1.82 bits per heavy atom. The van der Waals surface area contributed by atoms with E-state index in [1.54, 1.807) is 21.0 Å². The average molecular weight is 518 g/mol. The van der Waals surface area contributed by atoms with E-state index < -0.39 is 23.7 Å². The topological polar surface area (TPSA) is 80.3 Å². The number of likely N-dealkylation sites (N-methyl/N-ethyl adjacent to an activating group) is 1. The van der Waals surface area contributed by atoms with Crippen molar-refractivity contribution in [3.05, 3.63) is 89.0 Å². The van der Waals surface area contributed by atoms with Crippen molar-refractivity contribution in [2.45, 2.75) is 31.2 Å². The average Bonchev–Trinajstić information content (AvgIpc) is 3.51. The first-order chi connectivity index (χ1) is 18.4. The lowest BCUT2D eigenvalue weighted by atomic mass is 9.78. The second-order valence-electron chi connectivity index (χ2n) is 9.97. The number of fused-ring (bicyclic) bond motifs is 2. The number of hydrogen-bond donors (Lipinski definition) is 1. The molecule has 2 aromatic carbocycles. The summed E-state index contributed by atoms with van der Waals surface area (Å²) in [6.45, 7) is 6.15. The molecule has 8 heteroatoms. The number of benzene rings is 2. The molecule has 0 radical (unpaired) electrons. The maximum absolute atomic E-state index is 13.4. The number of carbonyl (C=O) groups excluding carboxylic acids is 2. The van der Waals surface area contributed by atoms with E-state index in [2.05, 4.69) is 34.5 Å². The zero-order valence-electron chi connectivity index (χ0n) is 22.2. The highest BCUT2D eigenvalue weighted by molar-refractivity contribution is 6.07. The van der Waals surface area contributed by atoms with Gasteiger partial charge in [-0.2, -0.15) is 0 Å². The van der Waals surface area contributed by atoms with Crippen LogP contribution in [0.3, 0.4) is 0 Å². The first kappa shape index (κ1) is 26.2. The van der Waals surface area contributed by atoms with Crippen molar-refractivity contribution in [2.24, 2.45) is 0 Å². The molecule has 0 saturated carbocycles. The minimum atomic E-state index is -1.21. The predicted molar refractivity (Wildman–Crippen MR) is 144 cm³/mol. The van der Waals surface area contributed by atoms with Crippen LogP contribution < -0.4 is 5.32 Å². The summed E-state index contributed by atoms with van der Waals surface area (Å²) in [5.74, 6) is -0.794. The standard InChI is InChI=1S/C30H35N3O5/c1-4-37-29(35)26-25(28(34)32(2)3)24-14-15-30(26,38-24)27(31-23-8-6-5-7-9-23)22-12-10-21(11-13-22)20-33-16-18-36-19-17-33/h5-15,24,27,31H,4,16-20H2,1-3H3. The molecule has 3 heterocycles. The van der Waals surface area contributed by atoms with Gasteiger partial charge in [0.15, 0.2) is 0 Å². The van der Waals surface area contributed by atoms with Gasteiger partial charge < -0.3 is 24.4 Å². The van der Waals surface area contributed by atoms with Gasteiger partial charge in [0, 0.05) is 39.4 Å². The Balaban J connectivity index is 1.56. The van der Waals surface area contributed by atoms with Crippen LogP contribution in [0.25, 0.3) is 0 Å². The molecule has 3 aliphatic rings. The molecule has 0 aromatic heterocycles. The maximum Gasteiger partial charge on any atom is 0.337 e. The SMILES string of the molecule is CCOC(=O)C1=C(C(=O)N(C)C)C2C=CC1(C(Nc1ccccc1)c1ccc(CN3CCOCC3)cc1)O2. The second-order valence-corrected chi connectivity index (χ2v) is 9.97. The van der Waals surface area contributed by atoms with Crippen LogP contribution in [-0.2, 0) is 30.3 Å². The molecule has 1 fully saturated rings. The Labute approximate surface area is 223 Å². The highest BCUT2D eigenvalue weighted by Crippen LogP contribution is 2.51. The summed E-state index contributed by atoms with van der Waals surface area (Å²) >= 11 is 0. The van der Waals surface area contributed by atoms with E-state index in [1.807, 2.05) is 42.5 Å². The molecule has 2 bridgehead atoms. The van der Waals surface area contributed by atoms with E-state index in [4.69, 9.17) is 14.2 Å². The van der Waals surface area contributed by atoms with E-state index in [9.17, 15) is 9.59 Å². The highest BCUT2D eigenvalue weighted by atomic mass is 16.5. The number of ether oxygens (including phenoxy) is 3. The molecule has 200 valence electrons. The van der Waals surface area contributed by atoms with Crippen LogP contribution in [0.2, 0.25) is 0 Å². The first-order valence-electron chi connectivity index (χ1n) is 13.1. The van der Waals surface area contributed by atoms with Crippen molar-refractivity contribution in [1.29, 1.82) is 0 Å². The lowest BCUT2D eigenvalue weighted by Crippen LogP contribution is -2.43. The fourth-order valence-corrected chi connectivity index (χ4v) is 5.39. The lowest BCUT2D eigenvalue weighted by molar-refractivity contribution is -0.140. The molecular weight excluding hydrogens is 482 g/mol. The van der Waals surface area contributed by atoms with Crippen molar-refractivity contribution >= 4 is 17.6 Å². The molecule has 0 spiro atoms. The number of nitrogens with one attached hydrogen (secondary N) is 1. The van der Waals surface area contributed by atoms with Crippen LogP contribution in [0, 0.1) is 0 Å². The van der Waals surface area contributed by atoms with Gasteiger partial charge in [0.2, 0.25) is 0 Å². The molecule has 3 aliphatic heterocycles. The molecule has 1 N–H and O–H groups in total. The van der Waals surface area contributed by atoms with E-state index in [0.717, 1.165) is 44.1 Å². The Morgan fingerprint density at radius 1 is 1.11 bits per heavy atom. The Morgan fingerprint density at radius 3 is 2.47 bits per heavy atom. The summed E-state index contributed by atoms with van der Waals surface area (Å²) < 4.78 is 17.5. The summed E-state index contributed by atoms with van der Waals surface area (Å²) in [5, 5.41) is 3.60. The molecule has 1 amide bonds. The molecule has 0 aliphatic carbocycles. The third-order valence-electron chi connectivity index (χ3n) is 7.24. The molecule has 2 aromatic rings.